The van der Waals surface area contributed by atoms with Gasteiger partial charge in [0, 0.05) is 6.04 Å². The van der Waals surface area contributed by atoms with Crippen molar-refractivity contribution in [3.63, 3.8) is 0 Å². The minimum Gasteiger partial charge on any atom is -0.496 e. The van der Waals surface area contributed by atoms with Crippen LogP contribution in [0.4, 0.5) is 0 Å². The Kier molecular flexibility index (Phi) is 4.43. The molecule has 0 bridgehead atoms. The van der Waals surface area contributed by atoms with Crippen molar-refractivity contribution >= 4 is 0 Å². The summed E-state index contributed by atoms with van der Waals surface area (Å²) >= 11 is 0. The van der Waals surface area contributed by atoms with Crippen LogP contribution in [0.25, 0.3) is 0 Å². The molecule has 0 saturated heterocycles. The molecule has 1 atom stereocenters. The molecule has 2 rings (SSSR count). The van der Waals surface area contributed by atoms with Crippen molar-refractivity contribution in [2.24, 2.45) is 5.92 Å². The highest BCUT2D eigenvalue weighted by atomic mass is 16.5. The van der Waals surface area contributed by atoms with E-state index in [4.69, 9.17) is 4.74 Å². The highest BCUT2D eigenvalue weighted by molar-refractivity contribution is 5.33. The van der Waals surface area contributed by atoms with Crippen LogP contribution in [0.2, 0.25) is 0 Å². The zero-order valence-corrected chi connectivity index (χ0v) is 10.9. The number of hydrogen-bond donors (Lipinski definition) is 1. The summed E-state index contributed by atoms with van der Waals surface area (Å²) < 4.78 is 5.41. The number of nitrogens with one attached hydrogen (secondary N) is 1. The van der Waals surface area contributed by atoms with E-state index in [1.807, 2.05) is 6.07 Å². The van der Waals surface area contributed by atoms with Crippen LogP contribution in [0.1, 0.15) is 31.7 Å². The van der Waals surface area contributed by atoms with Crippen molar-refractivity contribution in [2.45, 2.75) is 38.6 Å². The molecule has 1 saturated carbocycles. The third kappa shape index (κ3) is 3.74. The van der Waals surface area contributed by atoms with Gasteiger partial charge in [-0.25, -0.2) is 0 Å². The van der Waals surface area contributed by atoms with Gasteiger partial charge < -0.3 is 10.1 Å². The summed E-state index contributed by atoms with van der Waals surface area (Å²) in [6, 6.07) is 9.17. The zero-order chi connectivity index (χ0) is 12.1. The number of hydrogen-bond acceptors (Lipinski definition) is 2. The Labute approximate surface area is 104 Å². The summed E-state index contributed by atoms with van der Waals surface area (Å²) in [7, 11) is 1.75. The lowest BCUT2D eigenvalue weighted by atomic mass is 9.96. The van der Waals surface area contributed by atoms with E-state index < -0.39 is 0 Å². The highest BCUT2D eigenvalue weighted by Gasteiger charge is 2.21. The first-order valence-corrected chi connectivity index (χ1v) is 6.68. The summed E-state index contributed by atoms with van der Waals surface area (Å²) in [5.41, 5.74) is 1.33. The molecule has 1 N–H and O–H groups in total. The third-order valence-electron chi connectivity index (χ3n) is 3.55. The van der Waals surface area contributed by atoms with Crippen molar-refractivity contribution in [3.8, 4) is 5.75 Å². The predicted octanol–water partition coefficient (Wildman–Crippen LogP) is 3.02. The van der Waals surface area contributed by atoms with E-state index in [1.165, 1.54) is 24.8 Å². The summed E-state index contributed by atoms with van der Waals surface area (Å²) in [4.78, 5) is 0. The van der Waals surface area contributed by atoms with Crippen molar-refractivity contribution in [1.29, 1.82) is 0 Å². The Morgan fingerprint density at radius 3 is 2.76 bits per heavy atom. The molecule has 0 heterocycles. The molecule has 0 amide bonds. The Hall–Kier alpha value is -1.02. The van der Waals surface area contributed by atoms with E-state index in [2.05, 4.69) is 30.4 Å². The monoisotopic (exact) mass is 233 g/mol. The van der Waals surface area contributed by atoms with Gasteiger partial charge in [0.15, 0.2) is 0 Å². The second-order valence-corrected chi connectivity index (χ2v) is 4.97. The summed E-state index contributed by atoms with van der Waals surface area (Å²) in [6.07, 6.45) is 5.06. The van der Waals surface area contributed by atoms with E-state index in [0.717, 1.165) is 24.8 Å². The quantitative estimate of drug-likeness (QED) is 0.781. The van der Waals surface area contributed by atoms with Gasteiger partial charge in [0.2, 0.25) is 0 Å². The van der Waals surface area contributed by atoms with Crippen LogP contribution < -0.4 is 10.1 Å². The topological polar surface area (TPSA) is 21.3 Å². The normalized spacial score (nSPS) is 16.8. The number of methoxy groups -OCH3 is 1. The second kappa shape index (κ2) is 6.06. The molecule has 1 fully saturated rings. The maximum Gasteiger partial charge on any atom is 0.122 e. The van der Waals surface area contributed by atoms with Crippen molar-refractivity contribution in [3.05, 3.63) is 29.8 Å². The fourth-order valence-electron chi connectivity index (χ4n) is 2.16. The highest BCUT2D eigenvalue weighted by Crippen LogP contribution is 2.23. The molecule has 0 spiro atoms. The molecular weight excluding hydrogens is 210 g/mol. The Bertz CT molecular complexity index is 347. The SMILES string of the molecule is CCC(CNC1CC1)Cc1ccccc1OC. The van der Waals surface area contributed by atoms with Crippen molar-refractivity contribution in [2.75, 3.05) is 13.7 Å². The van der Waals surface area contributed by atoms with E-state index >= 15 is 0 Å². The largest absolute Gasteiger partial charge is 0.496 e. The molecule has 1 aromatic carbocycles. The predicted molar refractivity (Wildman–Crippen MR) is 71.5 cm³/mol. The average molecular weight is 233 g/mol. The first-order valence-electron chi connectivity index (χ1n) is 6.68. The van der Waals surface area contributed by atoms with Gasteiger partial charge in [-0.1, -0.05) is 31.5 Å². The Balaban J connectivity index is 1.91. The van der Waals surface area contributed by atoms with E-state index in [0.29, 0.717) is 5.92 Å². The molecule has 0 aliphatic heterocycles. The van der Waals surface area contributed by atoms with Crippen LogP contribution >= 0.6 is 0 Å². The van der Waals surface area contributed by atoms with Gasteiger partial charge in [0.1, 0.15) is 5.75 Å². The number of para-hydroxylation sites is 1. The molecule has 17 heavy (non-hydrogen) atoms. The van der Waals surface area contributed by atoms with Crippen LogP contribution in [0.5, 0.6) is 5.75 Å². The molecule has 1 unspecified atom stereocenters. The average Bonchev–Trinajstić information content (AvgIpc) is 3.19. The van der Waals surface area contributed by atoms with Crippen LogP contribution in [0.3, 0.4) is 0 Å². The molecule has 1 aliphatic rings. The smallest absolute Gasteiger partial charge is 0.122 e. The summed E-state index contributed by atoms with van der Waals surface area (Å²) in [6.45, 7) is 3.41. The molecule has 1 aromatic rings. The minimum atomic E-state index is 0.715. The van der Waals surface area contributed by atoms with Crippen molar-refractivity contribution < 1.29 is 4.74 Å². The van der Waals surface area contributed by atoms with Gasteiger partial charge in [0.05, 0.1) is 7.11 Å². The fraction of sp³-hybridized carbons (Fsp3) is 0.600. The minimum absolute atomic E-state index is 0.715. The summed E-state index contributed by atoms with van der Waals surface area (Å²) in [5, 5.41) is 3.62. The maximum absolute atomic E-state index is 5.41. The molecule has 2 nitrogen and oxygen atoms in total. The lowest BCUT2D eigenvalue weighted by molar-refractivity contribution is 0.398. The van der Waals surface area contributed by atoms with E-state index in [1.54, 1.807) is 7.11 Å². The van der Waals surface area contributed by atoms with Gasteiger partial charge in [-0.15, -0.1) is 0 Å². The molecule has 2 heteroatoms. The van der Waals surface area contributed by atoms with Gasteiger partial charge in [-0.2, -0.15) is 0 Å². The van der Waals surface area contributed by atoms with E-state index in [-0.39, 0.29) is 0 Å². The van der Waals surface area contributed by atoms with E-state index in [9.17, 15) is 0 Å². The number of benzene rings is 1. The molecule has 94 valence electrons. The number of ether oxygens (including phenoxy) is 1. The molecule has 1 aliphatic carbocycles. The zero-order valence-electron chi connectivity index (χ0n) is 10.9. The Morgan fingerprint density at radius 1 is 1.35 bits per heavy atom. The van der Waals surface area contributed by atoms with Crippen LogP contribution in [0, 0.1) is 5.92 Å². The van der Waals surface area contributed by atoms with Gasteiger partial charge in [-0.05, 0) is 43.4 Å². The molecule has 0 aromatic heterocycles. The third-order valence-corrected chi connectivity index (χ3v) is 3.55. The van der Waals surface area contributed by atoms with Crippen LogP contribution in [-0.2, 0) is 6.42 Å². The lowest BCUT2D eigenvalue weighted by Crippen LogP contribution is -2.25. The lowest BCUT2D eigenvalue weighted by Gasteiger charge is -2.17. The van der Waals surface area contributed by atoms with Crippen LogP contribution in [-0.4, -0.2) is 19.7 Å². The second-order valence-electron chi connectivity index (χ2n) is 4.97. The van der Waals surface area contributed by atoms with Crippen LogP contribution in [0.15, 0.2) is 24.3 Å². The summed E-state index contributed by atoms with van der Waals surface area (Å²) in [5.74, 6) is 1.74. The van der Waals surface area contributed by atoms with Gasteiger partial charge >= 0.3 is 0 Å². The molecule has 0 radical (unpaired) electrons. The maximum atomic E-state index is 5.41. The first-order chi connectivity index (χ1) is 8.33. The fourth-order valence-corrected chi connectivity index (χ4v) is 2.16. The first kappa shape index (κ1) is 12.4. The number of rotatable bonds is 7. The molecular formula is C15H23NO. The van der Waals surface area contributed by atoms with Gasteiger partial charge in [0.25, 0.3) is 0 Å². The van der Waals surface area contributed by atoms with Gasteiger partial charge in [-0.3, -0.25) is 0 Å². The van der Waals surface area contributed by atoms with Crippen molar-refractivity contribution in [1.82, 2.24) is 5.32 Å². The standard InChI is InChI=1S/C15H23NO/c1-3-12(11-16-14-8-9-14)10-13-6-4-5-7-15(13)17-2/h4-7,12,14,16H,3,8-11H2,1-2H3. The Morgan fingerprint density at radius 2 is 2.12 bits per heavy atom.